The summed E-state index contributed by atoms with van der Waals surface area (Å²) in [6.07, 6.45) is 2.55. The average molecular weight is 298 g/mol. The Morgan fingerprint density at radius 2 is 1.94 bits per heavy atom. The lowest BCUT2D eigenvalue weighted by molar-refractivity contribution is -0.116. The molecule has 0 bridgehead atoms. The van der Waals surface area contributed by atoms with Crippen LogP contribution in [0.2, 0.25) is 0 Å². The molecule has 0 radical (unpaired) electrons. The maximum atomic E-state index is 11.6. The van der Waals surface area contributed by atoms with Gasteiger partial charge < -0.3 is 5.32 Å². The fourth-order valence-corrected chi connectivity index (χ4v) is 1.96. The molecule has 17 heavy (non-hydrogen) atoms. The largest absolute Gasteiger partial charge is 0.326 e. The minimum atomic E-state index is 0.104. The van der Waals surface area contributed by atoms with Gasteiger partial charge in [0.15, 0.2) is 0 Å². The molecule has 1 amide bonds. The first-order chi connectivity index (χ1) is 8.11. The first-order valence-corrected chi connectivity index (χ1v) is 7.18. The zero-order valence-electron chi connectivity index (χ0n) is 10.5. The van der Waals surface area contributed by atoms with Gasteiger partial charge in [-0.15, -0.1) is 0 Å². The number of amides is 1. The van der Waals surface area contributed by atoms with Crippen molar-refractivity contribution in [3.05, 3.63) is 29.8 Å². The van der Waals surface area contributed by atoms with Crippen LogP contribution in [0.25, 0.3) is 0 Å². The second-order valence-electron chi connectivity index (χ2n) is 4.62. The predicted octanol–water partition coefficient (Wildman–Crippen LogP) is 4.00. The van der Waals surface area contributed by atoms with Gasteiger partial charge >= 0.3 is 0 Å². The Morgan fingerprint density at radius 3 is 2.47 bits per heavy atom. The average Bonchev–Trinajstić information content (AvgIpc) is 2.29. The van der Waals surface area contributed by atoms with E-state index in [-0.39, 0.29) is 5.91 Å². The Morgan fingerprint density at radius 1 is 1.29 bits per heavy atom. The maximum Gasteiger partial charge on any atom is 0.224 e. The second kappa shape index (κ2) is 7.49. The third-order valence-corrected chi connectivity index (χ3v) is 2.97. The van der Waals surface area contributed by atoms with Gasteiger partial charge in [0.05, 0.1) is 0 Å². The number of anilines is 1. The molecule has 0 fully saturated rings. The number of aryl methyl sites for hydroxylation is 1. The van der Waals surface area contributed by atoms with Crippen molar-refractivity contribution in [1.29, 1.82) is 0 Å². The molecule has 0 aliphatic carbocycles. The molecule has 1 N–H and O–H groups in total. The highest BCUT2D eigenvalue weighted by Gasteiger charge is 2.03. The van der Waals surface area contributed by atoms with Crippen LogP contribution in [0.3, 0.4) is 0 Å². The topological polar surface area (TPSA) is 29.1 Å². The number of alkyl halides is 1. The zero-order valence-corrected chi connectivity index (χ0v) is 12.1. The van der Waals surface area contributed by atoms with Crippen LogP contribution in [0.4, 0.5) is 5.69 Å². The van der Waals surface area contributed by atoms with Crippen LogP contribution in [-0.2, 0) is 11.2 Å². The molecule has 1 aromatic rings. The van der Waals surface area contributed by atoms with Crippen LogP contribution in [0, 0.1) is 5.92 Å². The number of carbonyl (C=O) groups excluding carboxylic acids is 1. The second-order valence-corrected chi connectivity index (χ2v) is 5.41. The number of hydrogen-bond donors (Lipinski definition) is 1. The predicted molar refractivity (Wildman–Crippen MR) is 76.6 cm³/mol. The minimum Gasteiger partial charge on any atom is -0.326 e. The summed E-state index contributed by atoms with van der Waals surface area (Å²) in [5, 5.41) is 3.88. The summed E-state index contributed by atoms with van der Waals surface area (Å²) in [6, 6.07) is 8.04. The maximum absolute atomic E-state index is 11.6. The Kier molecular flexibility index (Phi) is 6.27. The van der Waals surface area contributed by atoms with Gasteiger partial charge in [-0.3, -0.25) is 4.79 Å². The summed E-state index contributed by atoms with van der Waals surface area (Å²) >= 11 is 3.41. The van der Waals surface area contributed by atoms with Crippen LogP contribution in [0.5, 0.6) is 0 Å². The van der Waals surface area contributed by atoms with Crippen molar-refractivity contribution in [3.8, 4) is 0 Å². The van der Waals surface area contributed by atoms with Crippen LogP contribution in [-0.4, -0.2) is 11.2 Å². The van der Waals surface area contributed by atoms with E-state index in [2.05, 4.69) is 47.2 Å². The summed E-state index contributed by atoms with van der Waals surface area (Å²) < 4.78 is 0. The van der Waals surface area contributed by atoms with Gasteiger partial charge in [0, 0.05) is 17.4 Å². The zero-order chi connectivity index (χ0) is 12.7. The highest BCUT2D eigenvalue weighted by molar-refractivity contribution is 9.09. The number of nitrogens with one attached hydrogen (secondary N) is 1. The van der Waals surface area contributed by atoms with Gasteiger partial charge in [-0.05, 0) is 36.5 Å². The van der Waals surface area contributed by atoms with Crippen molar-refractivity contribution < 1.29 is 4.79 Å². The molecule has 3 heteroatoms. The lowest BCUT2D eigenvalue weighted by Crippen LogP contribution is -2.12. The van der Waals surface area contributed by atoms with E-state index in [0.29, 0.717) is 12.3 Å². The van der Waals surface area contributed by atoms with Gasteiger partial charge in [0.1, 0.15) is 0 Å². The van der Waals surface area contributed by atoms with E-state index in [9.17, 15) is 4.79 Å². The monoisotopic (exact) mass is 297 g/mol. The highest BCUT2D eigenvalue weighted by atomic mass is 79.9. The fraction of sp³-hybridized carbons (Fsp3) is 0.500. The molecule has 1 aromatic carbocycles. The Bertz CT molecular complexity index is 346. The van der Waals surface area contributed by atoms with E-state index in [0.717, 1.165) is 23.9 Å². The van der Waals surface area contributed by atoms with Crippen molar-refractivity contribution in [2.45, 2.75) is 33.1 Å². The number of halogens is 1. The standard InChI is InChI=1S/C14H20BrNO/c1-11(2)3-8-14(17)16-13-6-4-12(5-7-13)9-10-15/h4-7,11H,3,8-10H2,1-2H3,(H,16,17). The van der Waals surface area contributed by atoms with E-state index in [1.54, 1.807) is 0 Å². The molecule has 0 heterocycles. The molecule has 0 spiro atoms. The van der Waals surface area contributed by atoms with Gasteiger partial charge in [-0.25, -0.2) is 0 Å². The molecule has 2 nitrogen and oxygen atoms in total. The van der Waals surface area contributed by atoms with Gasteiger partial charge in [0.25, 0.3) is 0 Å². The van der Waals surface area contributed by atoms with Crippen molar-refractivity contribution in [2.24, 2.45) is 5.92 Å². The summed E-state index contributed by atoms with van der Waals surface area (Å²) in [4.78, 5) is 11.6. The lowest BCUT2D eigenvalue weighted by Gasteiger charge is -2.07. The molecule has 94 valence electrons. The first-order valence-electron chi connectivity index (χ1n) is 6.06. The molecule has 0 aliphatic heterocycles. The Labute approximate surface area is 112 Å². The normalized spacial score (nSPS) is 10.6. The quantitative estimate of drug-likeness (QED) is 0.790. The van der Waals surface area contributed by atoms with Gasteiger partial charge in [-0.1, -0.05) is 41.9 Å². The van der Waals surface area contributed by atoms with Crippen LogP contribution in [0.15, 0.2) is 24.3 Å². The van der Waals surface area contributed by atoms with E-state index in [4.69, 9.17) is 0 Å². The summed E-state index contributed by atoms with van der Waals surface area (Å²) in [7, 11) is 0. The van der Waals surface area contributed by atoms with Crippen molar-refractivity contribution in [1.82, 2.24) is 0 Å². The molecule has 0 aromatic heterocycles. The number of hydrogen-bond acceptors (Lipinski definition) is 1. The summed E-state index contributed by atoms with van der Waals surface area (Å²) in [6.45, 7) is 4.25. The SMILES string of the molecule is CC(C)CCC(=O)Nc1ccc(CCBr)cc1. The third-order valence-electron chi connectivity index (χ3n) is 2.57. The van der Waals surface area contributed by atoms with Crippen LogP contribution >= 0.6 is 15.9 Å². The van der Waals surface area contributed by atoms with Crippen LogP contribution in [0.1, 0.15) is 32.3 Å². The molecule has 0 saturated carbocycles. The highest BCUT2D eigenvalue weighted by Crippen LogP contribution is 2.12. The summed E-state index contributed by atoms with van der Waals surface area (Å²) in [5.74, 6) is 0.675. The molecule has 0 unspecified atom stereocenters. The third kappa shape index (κ3) is 5.87. The van der Waals surface area contributed by atoms with Crippen molar-refractivity contribution in [3.63, 3.8) is 0 Å². The minimum absolute atomic E-state index is 0.104. The van der Waals surface area contributed by atoms with E-state index in [1.807, 2.05) is 12.1 Å². The van der Waals surface area contributed by atoms with E-state index in [1.165, 1.54) is 5.56 Å². The fourth-order valence-electron chi connectivity index (χ4n) is 1.51. The Balaban J connectivity index is 2.43. The number of benzene rings is 1. The molecule has 0 saturated heterocycles. The molecular formula is C14H20BrNO. The first kappa shape index (κ1) is 14.2. The van der Waals surface area contributed by atoms with E-state index >= 15 is 0 Å². The smallest absolute Gasteiger partial charge is 0.224 e. The van der Waals surface area contributed by atoms with E-state index < -0.39 is 0 Å². The van der Waals surface area contributed by atoms with Crippen molar-refractivity contribution in [2.75, 3.05) is 10.6 Å². The molecule has 1 rings (SSSR count). The molecular weight excluding hydrogens is 278 g/mol. The number of carbonyl (C=O) groups is 1. The number of rotatable bonds is 6. The summed E-state index contributed by atoms with van der Waals surface area (Å²) in [5.41, 5.74) is 2.17. The van der Waals surface area contributed by atoms with Gasteiger partial charge in [0.2, 0.25) is 5.91 Å². The van der Waals surface area contributed by atoms with Crippen molar-refractivity contribution >= 4 is 27.5 Å². The van der Waals surface area contributed by atoms with Gasteiger partial charge in [-0.2, -0.15) is 0 Å². The van der Waals surface area contributed by atoms with Crippen LogP contribution < -0.4 is 5.32 Å². The Hall–Kier alpha value is -0.830. The molecule has 0 aliphatic rings. The lowest BCUT2D eigenvalue weighted by atomic mass is 10.1. The molecule has 0 atom stereocenters.